The fraction of sp³-hybridized carbons (Fsp3) is 0.667. The fourth-order valence-corrected chi connectivity index (χ4v) is 3.73. The Morgan fingerprint density at radius 3 is 2.55 bits per heavy atom. The van der Waals surface area contributed by atoms with Crippen LogP contribution < -0.4 is 5.32 Å². The zero-order valence-corrected chi connectivity index (χ0v) is 13.7. The summed E-state index contributed by atoms with van der Waals surface area (Å²) in [5.41, 5.74) is 1.66. The molecule has 4 heteroatoms. The summed E-state index contributed by atoms with van der Waals surface area (Å²) < 4.78 is 13.0. The minimum Gasteiger partial charge on any atom is -0.316 e. The number of rotatable bonds is 4. The van der Waals surface area contributed by atoms with E-state index < -0.39 is 0 Å². The molecule has 2 fully saturated rings. The molecule has 3 nitrogen and oxygen atoms in total. The Hall–Kier alpha value is -0.970. The number of nitrogens with one attached hydrogen (secondary N) is 1. The average Bonchev–Trinajstić information content (AvgIpc) is 2.81. The molecule has 2 aliphatic heterocycles. The summed E-state index contributed by atoms with van der Waals surface area (Å²) in [4.78, 5) is 5.14. The zero-order valence-electron chi connectivity index (χ0n) is 13.7. The lowest BCUT2D eigenvalue weighted by Crippen LogP contribution is -2.39. The van der Waals surface area contributed by atoms with Crippen LogP contribution in [0.5, 0.6) is 0 Å². The van der Waals surface area contributed by atoms with E-state index >= 15 is 0 Å². The number of nitrogens with zero attached hydrogens (tertiary/aromatic N) is 2. The molecule has 0 aliphatic carbocycles. The van der Waals surface area contributed by atoms with E-state index in [0.717, 1.165) is 32.7 Å². The first-order chi connectivity index (χ1) is 10.6. The highest BCUT2D eigenvalue weighted by atomic mass is 19.1. The summed E-state index contributed by atoms with van der Waals surface area (Å²) in [6.45, 7) is 11.5. The fourth-order valence-electron chi connectivity index (χ4n) is 3.73. The lowest BCUT2D eigenvalue weighted by atomic mass is 9.89. The molecule has 2 saturated heterocycles. The third-order valence-corrected chi connectivity index (χ3v) is 5.06. The van der Waals surface area contributed by atoms with Gasteiger partial charge in [-0.05, 0) is 55.6 Å². The zero-order chi connectivity index (χ0) is 15.4. The Balaban J connectivity index is 1.50. The molecule has 0 aromatic heterocycles. The van der Waals surface area contributed by atoms with Crippen molar-refractivity contribution in [2.45, 2.75) is 26.3 Å². The van der Waals surface area contributed by atoms with Crippen molar-refractivity contribution < 1.29 is 4.39 Å². The van der Waals surface area contributed by atoms with Gasteiger partial charge < -0.3 is 10.2 Å². The Labute approximate surface area is 133 Å². The van der Waals surface area contributed by atoms with E-state index in [1.54, 1.807) is 12.1 Å². The normalized spacial score (nSPS) is 27.9. The molecule has 0 saturated carbocycles. The third kappa shape index (κ3) is 4.28. The Bertz CT molecular complexity index is 468. The van der Waals surface area contributed by atoms with E-state index in [4.69, 9.17) is 0 Å². The van der Waals surface area contributed by atoms with Gasteiger partial charge >= 0.3 is 0 Å². The van der Waals surface area contributed by atoms with E-state index in [1.165, 1.54) is 38.0 Å². The van der Waals surface area contributed by atoms with Crippen LogP contribution >= 0.6 is 0 Å². The first-order valence-corrected chi connectivity index (χ1v) is 8.53. The van der Waals surface area contributed by atoms with Gasteiger partial charge in [-0.25, -0.2) is 4.39 Å². The van der Waals surface area contributed by atoms with Crippen molar-refractivity contribution in [2.24, 2.45) is 5.41 Å². The molecule has 122 valence electrons. The standard InChI is InChI=1S/C18H28FN3/c1-18(7-8-20-14-18)15-22-10-2-9-21(11-12-22)13-16-3-5-17(19)6-4-16/h3-6,20H,2,7-15H2,1H3. The molecule has 1 aromatic rings. The molecule has 1 atom stereocenters. The maximum atomic E-state index is 13.0. The number of halogens is 1. The molecule has 2 heterocycles. The monoisotopic (exact) mass is 305 g/mol. The molecular formula is C18H28FN3. The minimum atomic E-state index is -0.149. The minimum absolute atomic E-state index is 0.149. The molecule has 3 rings (SSSR count). The van der Waals surface area contributed by atoms with E-state index in [9.17, 15) is 4.39 Å². The quantitative estimate of drug-likeness (QED) is 0.921. The van der Waals surface area contributed by atoms with Crippen molar-refractivity contribution in [3.63, 3.8) is 0 Å². The first-order valence-electron chi connectivity index (χ1n) is 8.53. The average molecular weight is 305 g/mol. The molecule has 1 N–H and O–H groups in total. The van der Waals surface area contributed by atoms with Crippen molar-refractivity contribution in [2.75, 3.05) is 45.8 Å². The second kappa shape index (κ2) is 7.07. The van der Waals surface area contributed by atoms with Crippen molar-refractivity contribution >= 4 is 0 Å². The van der Waals surface area contributed by atoms with Gasteiger partial charge in [0.25, 0.3) is 0 Å². The van der Waals surface area contributed by atoms with E-state index in [-0.39, 0.29) is 5.82 Å². The predicted molar refractivity (Wildman–Crippen MR) is 88.3 cm³/mol. The molecule has 1 unspecified atom stereocenters. The summed E-state index contributed by atoms with van der Waals surface area (Å²) in [6, 6.07) is 6.94. The predicted octanol–water partition coefficient (Wildman–Crippen LogP) is 2.33. The van der Waals surface area contributed by atoms with Crippen LogP contribution in [0, 0.1) is 11.2 Å². The maximum absolute atomic E-state index is 13.0. The van der Waals surface area contributed by atoms with Crippen LogP contribution in [0.2, 0.25) is 0 Å². The van der Waals surface area contributed by atoms with Gasteiger partial charge in [-0.2, -0.15) is 0 Å². The first kappa shape index (κ1) is 15.9. The Morgan fingerprint density at radius 2 is 1.82 bits per heavy atom. The number of hydrogen-bond acceptors (Lipinski definition) is 3. The molecule has 1 aromatic carbocycles. The molecular weight excluding hydrogens is 277 g/mol. The smallest absolute Gasteiger partial charge is 0.123 e. The van der Waals surface area contributed by atoms with Crippen LogP contribution in [0.15, 0.2) is 24.3 Å². The van der Waals surface area contributed by atoms with Gasteiger partial charge in [-0.15, -0.1) is 0 Å². The topological polar surface area (TPSA) is 18.5 Å². The van der Waals surface area contributed by atoms with E-state index in [2.05, 4.69) is 22.0 Å². The molecule has 2 aliphatic rings. The highest BCUT2D eigenvalue weighted by Gasteiger charge is 2.31. The lowest BCUT2D eigenvalue weighted by molar-refractivity contribution is 0.178. The maximum Gasteiger partial charge on any atom is 0.123 e. The highest BCUT2D eigenvalue weighted by Crippen LogP contribution is 2.26. The SMILES string of the molecule is CC1(CN2CCCN(Cc3ccc(F)cc3)CC2)CCNC1. The summed E-state index contributed by atoms with van der Waals surface area (Å²) in [6.07, 6.45) is 2.52. The Kier molecular flexibility index (Phi) is 5.11. The van der Waals surface area contributed by atoms with Crippen LogP contribution in [0.1, 0.15) is 25.3 Å². The molecule has 0 spiro atoms. The van der Waals surface area contributed by atoms with Crippen LogP contribution in [-0.2, 0) is 6.54 Å². The highest BCUT2D eigenvalue weighted by molar-refractivity contribution is 5.15. The number of benzene rings is 1. The van der Waals surface area contributed by atoms with E-state index in [0.29, 0.717) is 5.41 Å². The van der Waals surface area contributed by atoms with Gasteiger partial charge in [0.15, 0.2) is 0 Å². The largest absolute Gasteiger partial charge is 0.316 e. The van der Waals surface area contributed by atoms with Gasteiger partial charge in [0.2, 0.25) is 0 Å². The van der Waals surface area contributed by atoms with Crippen molar-refractivity contribution in [3.05, 3.63) is 35.6 Å². The van der Waals surface area contributed by atoms with Crippen molar-refractivity contribution in [3.8, 4) is 0 Å². The second-order valence-corrected chi connectivity index (χ2v) is 7.27. The second-order valence-electron chi connectivity index (χ2n) is 7.27. The lowest BCUT2D eigenvalue weighted by Gasteiger charge is -2.31. The van der Waals surface area contributed by atoms with Gasteiger partial charge in [-0.1, -0.05) is 19.1 Å². The van der Waals surface area contributed by atoms with Crippen LogP contribution in [0.3, 0.4) is 0 Å². The summed E-state index contributed by atoms with van der Waals surface area (Å²) in [5.74, 6) is -0.149. The van der Waals surface area contributed by atoms with Gasteiger partial charge in [-0.3, -0.25) is 4.90 Å². The van der Waals surface area contributed by atoms with Crippen LogP contribution in [0.25, 0.3) is 0 Å². The number of hydrogen-bond donors (Lipinski definition) is 1. The molecule has 0 radical (unpaired) electrons. The molecule has 0 amide bonds. The summed E-state index contributed by atoms with van der Waals surface area (Å²) >= 11 is 0. The summed E-state index contributed by atoms with van der Waals surface area (Å²) in [5, 5.41) is 3.50. The van der Waals surface area contributed by atoms with Gasteiger partial charge in [0.05, 0.1) is 0 Å². The molecule has 0 bridgehead atoms. The Morgan fingerprint density at radius 1 is 1.09 bits per heavy atom. The van der Waals surface area contributed by atoms with Gasteiger partial charge in [0, 0.05) is 32.7 Å². The van der Waals surface area contributed by atoms with Crippen molar-refractivity contribution in [1.82, 2.24) is 15.1 Å². The summed E-state index contributed by atoms with van der Waals surface area (Å²) in [7, 11) is 0. The van der Waals surface area contributed by atoms with Crippen LogP contribution in [-0.4, -0.2) is 55.6 Å². The third-order valence-electron chi connectivity index (χ3n) is 5.06. The van der Waals surface area contributed by atoms with Gasteiger partial charge in [0.1, 0.15) is 5.82 Å². The molecule has 22 heavy (non-hydrogen) atoms. The van der Waals surface area contributed by atoms with Crippen LogP contribution in [0.4, 0.5) is 4.39 Å². The van der Waals surface area contributed by atoms with Crippen molar-refractivity contribution in [1.29, 1.82) is 0 Å². The van der Waals surface area contributed by atoms with E-state index in [1.807, 2.05) is 12.1 Å².